The zero-order chi connectivity index (χ0) is 18.2. The second-order valence-electron chi connectivity index (χ2n) is 5.74. The van der Waals surface area contributed by atoms with Gasteiger partial charge in [0.05, 0.1) is 12.3 Å². The molecule has 0 aliphatic heterocycles. The lowest BCUT2D eigenvalue weighted by molar-refractivity contribution is -0.143. The molecule has 0 aliphatic carbocycles. The molecule has 134 valence electrons. The Balaban J connectivity index is 4.35. The van der Waals surface area contributed by atoms with Crippen LogP contribution in [0.5, 0.6) is 0 Å². The van der Waals surface area contributed by atoms with Gasteiger partial charge in [-0.25, -0.2) is 17.9 Å². The minimum absolute atomic E-state index is 0.109. The van der Waals surface area contributed by atoms with E-state index < -0.39 is 52.6 Å². The topological polar surface area (TPSA) is 142 Å². The van der Waals surface area contributed by atoms with Crippen molar-refractivity contribution in [1.82, 2.24) is 15.4 Å². The quantitative estimate of drug-likeness (QED) is 0.400. The summed E-state index contributed by atoms with van der Waals surface area (Å²) in [4.78, 5) is 34.0. The van der Waals surface area contributed by atoms with Gasteiger partial charge in [0.15, 0.2) is 0 Å². The summed E-state index contributed by atoms with van der Waals surface area (Å²) < 4.78 is 25.5. The van der Waals surface area contributed by atoms with Crippen LogP contribution in [0.15, 0.2) is 0 Å². The maximum absolute atomic E-state index is 11.7. The van der Waals surface area contributed by atoms with Gasteiger partial charge in [-0.15, -0.1) is 0 Å². The second-order valence-corrected chi connectivity index (χ2v) is 7.67. The average molecular weight is 351 g/mol. The summed E-state index contributed by atoms with van der Waals surface area (Å²) in [7, 11) is -3.80. The van der Waals surface area contributed by atoms with Crippen LogP contribution in [0.4, 0.5) is 0 Å². The van der Waals surface area contributed by atoms with Crippen LogP contribution in [0.25, 0.3) is 0 Å². The van der Waals surface area contributed by atoms with Crippen molar-refractivity contribution in [2.75, 3.05) is 12.3 Å². The highest BCUT2D eigenvalue weighted by molar-refractivity contribution is 7.89. The number of amides is 2. The lowest BCUT2D eigenvalue weighted by Gasteiger charge is -2.17. The predicted octanol–water partition coefficient (Wildman–Crippen LogP) is -0.954. The minimum Gasteiger partial charge on any atom is -0.480 e. The van der Waals surface area contributed by atoms with E-state index in [0.717, 1.165) is 0 Å². The first-order valence-electron chi connectivity index (χ1n) is 7.23. The zero-order valence-corrected chi connectivity index (χ0v) is 14.6. The molecule has 23 heavy (non-hydrogen) atoms. The third-order valence-electron chi connectivity index (χ3n) is 2.75. The van der Waals surface area contributed by atoms with Gasteiger partial charge in [0.1, 0.15) is 6.04 Å². The number of rotatable bonds is 10. The number of carbonyl (C=O) groups excluding carboxylic acids is 2. The van der Waals surface area contributed by atoms with Crippen molar-refractivity contribution in [1.29, 1.82) is 0 Å². The predicted molar refractivity (Wildman–Crippen MR) is 84.1 cm³/mol. The third kappa shape index (κ3) is 9.84. The normalized spacial score (nSPS) is 13.0. The number of carboxylic acid groups (broad SMARTS) is 1. The van der Waals surface area contributed by atoms with Crippen LogP contribution in [-0.2, 0) is 24.4 Å². The highest BCUT2D eigenvalue weighted by Gasteiger charge is 2.24. The fourth-order valence-electron chi connectivity index (χ4n) is 1.61. The number of hydrogen-bond donors (Lipinski definition) is 4. The summed E-state index contributed by atoms with van der Waals surface area (Å²) in [5.74, 6) is -3.19. The van der Waals surface area contributed by atoms with Crippen LogP contribution >= 0.6 is 0 Å². The van der Waals surface area contributed by atoms with E-state index in [2.05, 4.69) is 15.4 Å². The maximum atomic E-state index is 11.7. The average Bonchev–Trinajstić information content (AvgIpc) is 2.39. The molecule has 0 heterocycles. The minimum atomic E-state index is -3.80. The van der Waals surface area contributed by atoms with Gasteiger partial charge < -0.3 is 15.7 Å². The summed E-state index contributed by atoms with van der Waals surface area (Å²) in [6, 6.07) is -1.18. The smallest absolute Gasteiger partial charge is 0.326 e. The zero-order valence-electron chi connectivity index (χ0n) is 13.8. The molecule has 9 nitrogen and oxygen atoms in total. The van der Waals surface area contributed by atoms with Gasteiger partial charge in [-0.2, -0.15) is 0 Å². The van der Waals surface area contributed by atoms with E-state index in [-0.39, 0.29) is 12.0 Å². The van der Waals surface area contributed by atoms with Crippen molar-refractivity contribution in [3.8, 4) is 0 Å². The van der Waals surface area contributed by atoms with Gasteiger partial charge in [-0.1, -0.05) is 13.8 Å². The fraction of sp³-hybridized carbons (Fsp3) is 0.769. The Morgan fingerprint density at radius 3 is 2.00 bits per heavy atom. The van der Waals surface area contributed by atoms with Gasteiger partial charge in [0, 0.05) is 12.5 Å². The molecular weight excluding hydrogens is 326 g/mol. The molecular formula is C13H25N3O6S. The lowest BCUT2D eigenvalue weighted by atomic mass is 10.0. The fourth-order valence-corrected chi connectivity index (χ4v) is 2.56. The molecule has 0 spiro atoms. The van der Waals surface area contributed by atoms with E-state index >= 15 is 0 Å². The van der Waals surface area contributed by atoms with Gasteiger partial charge in [-0.05, 0) is 19.8 Å². The summed E-state index contributed by atoms with van der Waals surface area (Å²) in [5, 5.41) is 13.7. The van der Waals surface area contributed by atoms with Crippen molar-refractivity contribution in [2.45, 2.75) is 46.2 Å². The standard InChI is InChI=1S/C13H25N3O6S/c1-8(2)12(13(19)20)16-10(17)5-6-23(21,22)14-7-11(18)15-9(3)4/h8-9,12,14H,5-7H2,1-4H3,(H,15,18)(H,16,17)(H,19,20)/t12-/m1/s1. The molecule has 0 radical (unpaired) electrons. The molecule has 0 unspecified atom stereocenters. The molecule has 0 saturated carbocycles. The molecule has 0 bridgehead atoms. The van der Waals surface area contributed by atoms with Crippen molar-refractivity contribution < 1.29 is 27.9 Å². The number of aliphatic carboxylic acids is 1. The molecule has 0 rings (SSSR count). The van der Waals surface area contributed by atoms with Crippen molar-refractivity contribution in [2.24, 2.45) is 5.92 Å². The van der Waals surface area contributed by atoms with Crippen LogP contribution in [0.2, 0.25) is 0 Å². The van der Waals surface area contributed by atoms with Gasteiger partial charge in [0.25, 0.3) is 0 Å². The van der Waals surface area contributed by atoms with Crippen LogP contribution in [-0.4, -0.2) is 55.7 Å². The molecule has 10 heteroatoms. The van der Waals surface area contributed by atoms with E-state index in [1.807, 2.05) is 0 Å². The monoisotopic (exact) mass is 351 g/mol. The number of carboxylic acids is 1. The number of carbonyl (C=O) groups is 3. The highest BCUT2D eigenvalue weighted by Crippen LogP contribution is 2.02. The van der Waals surface area contributed by atoms with E-state index in [0.29, 0.717) is 0 Å². The lowest BCUT2D eigenvalue weighted by Crippen LogP contribution is -2.45. The first-order chi connectivity index (χ1) is 10.4. The Morgan fingerprint density at radius 2 is 1.57 bits per heavy atom. The molecule has 4 N–H and O–H groups in total. The summed E-state index contributed by atoms with van der Waals surface area (Å²) in [6.45, 7) is 6.33. The molecule has 0 aromatic rings. The van der Waals surface area contributed by atoms with Crippen LogP contribution < -0.4 is 15.4 Å². The van der Waals surface area contributed by atoms with E-state index in [1.54, 1.807) is 27.7 Å². The number of hydrogen-bond acceptors (Lipinski definition) is 5. The Bertz CT molecular complexity index is 530. The molecule has 0 fully saturated rings. The molecule has 0 aromatic heterocycles. The van der Waals surface area contributed by atoms with Crippen LogP contribution in [0.1, 0.15) is 34.1 Å². The SMILES string of the molecule is CC(C)NC(=O)CNS(=O)(=O)CCC(=O)N[C@@H](C(=O)O)C(C)C. The Labute approximate surface area is 136 Å². The molecule has 0 aliphatic rings. The largest absolute Gasteiger partial charge is 0.480 e. The van der Waals surface area contributed by atoms with E-state index in [1.165, 1.54) is 0 Å². The summed E-state index contributed by atoms with van der Waals surface area (Å²) >= 11 is 0. The highest BCUT2D eigenvalue weighted by atomic mass is 32.2. The Morgan fingerprint density at radius 1 is 1.00 bits per heavy atom. The molecule has 1 atom stereocenters. The second kappa shape index (κ2) is 9.46. The van der Waals surface area contributed by atoms with Crippen molar-refractivity contribution in [3.63, 3.8) is 0 Å². The van der Waals surface area contributed by atoms with E-state index in [4.69, 9.17) is 5.11 Å². The molecule has 2 amide bonds. The van der Waals surface area contributed by atoms with Crippen molar-refractivity contribution in [3.05, 3.63) is 0 Å². The maximum Gasteiger partial charge on any atom is 0.326 e. The first kappa shape index (κ1) is 21.3. The van der Waals surface area contributed by atoms with Gasteiger partial charge in [0.2, 0.25) is 21.8 Å². The van der Waals surface area contributed by atoms with Crippen molar-refractivity contribution >= 4 is 27.8 Å². The van der Waals surface area contributed by atoms with E-state index in [9.17, 15) is 22.8 Å². The Hall–Kier alpha value is -1.68. The third-order valence-corrected chi connectivity index (χ3v) is 4.08. The number of nitrogens with one attached hydrogen (secondary N) is 3. The first-order valence-corrected chi connectivity index (χ1v) is 8.88. The van der Waals surface area contributed by atoms with Gasteiger partial charge in [-0.3, -0.25) is 9.59 Å². The Kier molecular flexibility index (Phi) is 8.77. The molecule has 0 aromatic carbocycles. The van der Waals surface area contributed by atoms with Gasteiger partial charge >= 0.3 is 5.97 Å². The number of sulfonamides is 1. The summed E-state index contributed by atoms with van der Waals surface area (Å²) in [5.41, 5.74) is 0. The van der Waals surface area contributed by atoms with Crippen LogP contribution in [0.3, 0.4) is 0 Å². The summed E-state index contributed by atoms with van der Waals surface area (Å²) in [6.07, 6.45) is -0.391. The van der Waals surface area contributed by atoms with Crippen LogP contribution in [0, 0.1) is 5.92 Å². The molecule has 0 saturated heterocycles.